The summed E-state index contributed by atoms with van der Waals surface area (Å²) in [5.74, 6) is -1.34. The van der Waals surface area contributed by atoms with Gasteiger partial charge >= 0.3 is 5.97 Å². The Hall–Kier alpha value is -0.970. The van der Waals surface area contributed by atoms with E-state index in [1.165, 1.54) is 25.3 Å². The first-order valence-corrected chi connectivity index (χ1v) is 9.64. The minimum atomic E-state index is -4.07. The van der Waals surface area contributed by atoms with Crippen molar-refractivity contribution in [2.75, 3.05) is 12.8 Å². The third-order valence-corrected chi connectivity index (χ3v) is 7.43. The molecule has 0 atom stereocenters. The number of carboxylic acids is 1. The van der Waals surface area contributed by atoms with E-state index in [4.69, 9.17) is 5.11 Å². The Balaban J connectivity index is 3.03. The van der Waals surface area contributed by atoms with E-state index >= 15 is 0 Å². The van der Waals surface area contributed by atoms with Crippen LogP contribution >= 0.6 is 11.3 Å². The van der Waals surface area contributed by atoms with Crippen molar-refractivity contribution in [2.24, 2.45) is 0 Å². The normalized spacial score (nSPS) is 13.3. The van der Waals surface area contributed by atoms with Gasteiger partial charge in [0, 0.05) is 12.8 Å². The van der Waals surface area contributed by atoms with Gasteiger partial charge in [-0.15, -0.1) is 11.3 Å². The average molecular weight is 341 g/mol. The zero-order valence-electron chi connectivity index (χ0n) is 11.1. The van der Waals surface area contributed by atoms with Crippen molar-refractivity contribution in [1.82, 2.24) is 4.72 Å². The highest BCUT2D eigenvalue weighted by molar-refractivity contribution is 7.92. The molecule has 0 amide bonds. The lowest BCUT2D eigenvalue weighted by Crippen LogP contribution is -2.43. The molecule has 0 aliphatic carbocycles. The number of carboxylic acid groups (broad SMARTS) is 1. The van der Waals surface area contributed by atoms with Gasteiger partial charge in [-0.1, -0.05) is 0 Å². The van der Waals surface area contributed by atoms with Crippen LogP contribution in [0.2, 0.25) is 0 Å². The SMILES string of the molecule is CC(C)(CNS(=O)(=O)c1ccsc1C(=O)O)S(C)(=O)=O. The molecule has 0 aromatic carbocycles. The number of thiophene rings is 1. The van der Waals surface area contributed by atoms with E-state index in [-0.39, 0.29) is 16.3 Å². The van der Waals surface area contributed by atoms with Crippen molar-refractivity contribution < 1.29 is 26.7 Å². The second-order valence-corrected chi connectivity index (χ2v) is 10.1. The van der Waals surface area contributed by atoms with Gasteiger partial charge in [0.1, 0.15) is 9.77 Å². The fourth-order valence-electron chi connectivity index (χ4n) is 1.14. The van der Waals surface area contributed by atoms with Gasteiger partial charge in [-0.2, -0.15) is 0 Å². The summed E-state index contributed by atoms with van der Waals surface area (Å²) in [4.78, 5) is 10.2. The van der Waals surface area contributed by atoms with Crippen LogP contribution in [-0.2, 0) is 19.9 Å². The van der Waals surface area contributed by atoms with Gasteiger partial charge in [0.05, 0.1) is 4.75 Å². The average Bonchev–Trinajstić information content (AvgIpc) is 2.74. The molecule has 114 valence electrons. The number of sulfone groups is 1. The Morgan fingerprint density at radius 3 is 2.35 bits per heavy atom. The lowest BCUT2D eigenvalue weighted by atomic mass is 10.2. The molecule has 0 spiro atoms. The van der Waals surface area contributed by atoms with E-state index in [1.807, 2.05) is 0 Å². The maximum atomic E-state index is 12.0. The van der Waals surface area contributed by atoms with E-state index < -0.39 is 30.6 Å². The lowest BCUT2D eigenvalue weighted by Gasteiger charge is -2.22. The van der Waals surface area contributed by atoms with E-state index in [0.29, 0.717) is 0 Å². The molecule has 1 aromatic heterocycles. The minimum Gasteiger partial charge on any atom is -0.477 e. The van der Waals surface area contributed by atoms with Crippen molar-refractivity contribution in [3.63, 3.8) is 0 Å². The van der Waals surface area contributed by atoms with Gasteiger partial charge in [-0.05, 0) is 25.3 Å². The molecular formula is C10H15NO6S3. The van der Waals surface area contributed by atoms with Gasteiger partial charge in [0.2, 0.25) is 10.0 Å². The molecule has 1 heterocycles. The first kappa shape index (κ1) is 17.1. The van der Waals surface area contributed by atoms with E-state index in [2.05, 4.69) is 4.72 Å². The first-order chi connectivity index (χ1) is 8.88. The van der Waals surface area contributed by atoms with E-state index in [9.17, 15) is 21.6 Å². The van der Waals surface area contributed by atoms with Crippen LogP contribution in [0, 0.1) is 0 Å². The molecule has 0 saturated carbocycles. The Morgan fingerprint density at radius 1 is 1.35 bits per heavy atom. The summed E-state index contributed by atoms with van der Waals surface area (Å²) < 4.78 is 47.9. The second-order valence-electron chi connectivity index (χ2n) is 4.78. The molecule has 0 bridgehead atoms. The number of rotatable bonds is 6. The van der Waals surface area contributed by atoms with Crippen LogP contribution in [0.4, 0.5) is 0 Å². The van der Waals surface area contributed by atoms with Gasteiger partial charge in [-0.3, -0.25) is 0 Å². The highest BCUT2D eigenvalue weighted by Crippen LogP contribution is 2.22. The van der Waals surface area contributed by atoms with Crippen LogP contribution in [0.5, 0.6) is 0 Å². The highest BCUT2D eigenvalue weighted by atomic mass is 32.2. The van der Waals surface area contributed by atoms with Gasteiger partial charge < -0.3 is 5.11 Å². The molecule has 0 aliphatic heterocycles. The first-order valence-electron chi connectivity index (χ1n) is 5.38. The maximum Gasteiger partial charge on any atom is 0.347 e. The third-order valence-electron chi connectivity index (χ3n) is 2.80. The number of carbonyl (C=O) groups is 1. The summed E-state index contributed by atoms with van der Waals surface area (Å²) in [6.07, 6.45) is 1.01. The lowest BCUT2D eigenvalue weighted by molar-refractivity contribution is 0.0698. The number of aromatic carboxylic acids is 1. The van der Waals surface area contributed by atoms with Crippen molar-refractivity contribution in [3.8, 4) is 0 Å². The van der Waals surface area contributed by atoms with Crippen LogP contribution in [0.3, 0.4) is 0 Å². The highest BCUT2D eigenvalue weighted by Gasteiger charge is 2.33. The molecule has 2 N–H and O–H groups in total. The smallest absolute Gasteiger partial charge is 0.347 e. The summed E-state index contributed by atoms with van der Waals surface area (Å²) in [5, 5.41) is 10.2. The molecule has 20 heavy (non-hydrogen) atoms. The molecule has 0 fully saturated rings. The van der Waals surface area contributed by atoms with Gasteiger partial charge in [-0.25, -0.2) is 26.4 Å². The number of hydrogen-bond acceptors (Lipinski definition) is 6. The summed E-state index contributed by atoms with van der Waals surface area (Å²) in [7, 11) is -7.53. The van der Waals surface area contributed by atoms with Gasteiger partial charge in [0.15, 0.2) is 9.84 Å². The Labute approximate surface area is 121 Å². The Kier molecular flexibility index (Phi) is 4.64. The quantitative estimate of drug-likeness (QED) is 0.780. The van der Waals surface area contributed by atoms with Crippen LogP contribution in [0.25, 0.3) is 0 Å². The third kappa shape index (κ3) is 3.57. The fourth-order valence-corrected chi connectivity index (χ4v) is 4.04. The summed E-state index contributed by atoms with van der Waals surface area (Å²) in [6.45, 7) is 2.43. The molecule has 0 unspecified atom stereocenters. The molecular weight excluding hydrogens is 326 g/mol. The Bertz CT molecular complexity index is 714. The zero-order valence-corrected chi connectivity index (χ0v) is 13.5. The van der Waals surface area contributed by atoms with Crippen molar-refractivity contribution >= 4 is 37.2 Å². The van der Waals surface area contributed by atoms with Crippen LogP contribution < -0.4 is 4.72 Å². The number of nitrogens with one attached hydrogen (secondary N) is 1. The molecule has 0 radical (unpaired) electrons. The molecule has 10 heteroatoms. The topological polar surface area (TPSA) is 118 Å². The minimum absolute atomic E-state index is 0.310. The number of sulfonamides is 1. The standard InChI is InChI=1S/C10H15NO6S3/c1-10(2,19(3,14)15)6-11-20(16,17)7-4-5-18-8(7)9(12)13/h4-5,11H,6H2,1-3H3,(H,12,13). The van der Waals surface area contributed by atoms with Crippen LogP contribution in [0.1, 0.15) is 23.5 Å². The fraction of sp³-hybridized carbons (Fsp3) is 0.500. The molecule has 1 rings (SSSR count). The summed E-state index contributed by atoms with van der Waals surface area (Å²) in [6, 6.07) is 1.17. The van der Waals surface area contributed by atoms with E-state index in [0.717, 1.165) is 17.6 Å². The monoisotopic (exact) mass is 341 g/mol. The van der Waals surface area contributed by atoms with E-state index in [1.54, 1.807) is 0 Å². The van der Waals surface area contributed by atoms with Crippen molar-refractivity contribution in [1.29, 1.82) is 0 Å². The second kappa shape index (κ2) is 5.43. The predicted molar refractivity (Wildman–Crippen MR) is 75.4 cm³/mol. The zero-order chi connectivity index (χ0) is 15.8. The Morgan fingerprint density at radius 2 is 1.90 bits per heavy atom. The van der Waals surface area contributed by atoms with Crippen LogP contribution in [0.15, 0.2) is 16.3 Å². The molecule has 0 saturated heterocycles. The van der Waals surface area contributed by atoms with Crippen LogP contribution in [-0.4, -0.2) is 45.5 Å². The van der Waals surface area contributed by atoms with Gasteiger partial charge in [0.25, 0.3) is 0 Å². The molecule has 0 aliphatic rings. The summed E-state index contributed by atoms with van der Waals surface area (Å²) in [5.41, 5.74) is 0. The largest absolute Gasteiger partial charge is 0.477 e. The number of hydrogen-bond donors (Lipinski definition) is 2. The predicted octanol–water partition coefficient (Wildman–Crippen LogP) is 0.548. The molecule has 7 nitrogen and oxygen atoms in total. The maximum absolute atomic E-state index is 12.0. The summed E-state index contributed by atoms with van der Waals surface area (Å²) >= 11 is 0.786. The van der Waals surface area contributed by atoms with Crippen molar-refractivity contribution in [3.05, 3.63) is 16.3 Å². The van der Waals surface area contributed by atoms with Crippen molar-refractivity contribution in [2.45, 2.75) is 23.5 Å². The molecule has 1 aromatic rings.